The number of aromatic nitrogens is 2. The third-order valence-electron chi connectivity index (χ3n) is 3.04. The van der Waals surface area contributed by atoms with Crippen LogP contribution in [0.3, 0.4) is 0 Å². The molecule has 0 radical (unpaired) electrons. The summed E-state index contributed by atoms with van der Waals surface area (Å²) in [4.78, 5) is 0. The molecule has 0 aliphatic carbocycles. The van der Waals surface area contributed by atoms with E-state index in [2.05, 4.69) is 10.5 Å². The van der Waals surface area contributed by atoms with Gasteiger partial charge in [-0.3, -0.25) is 16.0 Å². The predicted octanol–water partition coefficient (Wildman–Crippen LogP) is 2.27. The summed E-state index contributed by atoms with van der Waals surface area (Å²) >= 11 is 6.03. The van der Waals surface area contributed by atoms with Gasteiger partial charge in [0.15, 0.2) is 0 Å². The van der Waals surface area contributed by atoms with Crippen molar-refractivity contribution >= 4 is 11.6 Å². The smallest absolute Gasteiger partial charge is 0.124 e. The lowest BCUT2D eigenvalue weighted by atomic mass is 10.0. The zero-order valence-corrected chi connectivity index (χ0v) is 11.6. The van der Waals surface area contributed by atoms with Crippen LogP contribution < -0.4 is 11.3 Å². The van der Waals surface area contributed by atoms with Crippen LogP contribution in [-0.2, 0) is 13.5 Å². The van der Waals surface area contributed by atoms with E-state index < -0.39 is 0 Å². The maximum absolute atomic E-state index is 13.0. The number of benzene rings is 1. The van der Waals surface area contributed by atoms with Crippen molar-refractivity contribution in [3.63, 3.8) is 0 Å². The number of hydrazine groups is 1. The Morgan fingerprint density at radius 2 is 2.21 bits per heavy atom. The number of hydrogen-bond donors (Lipinski definition) is 2. The molecule has 4 nitrogen and oxygen atoms in total. The summed E-state index contributed by atoms with van der Waals surface area (Å²) in [6.07, 6.45) is 0.564. The second-order valence-corrected chi connectivity index (χ2v) is 4.90. The molecule has 0 spiro atoms. The number of nitrogens with zero attached hydrogens (tertiary/aromatic N) is 2. The second kappa shape index (κ2) is 5.69. The molecule has 2 aromatic rings. The molecule has 0 fully saturated rings. The van der Waals surface area contributed by atoms with Crippen LogP contribution in [-0.4, -0.2) is 9.78 Å². The Kier molecular flexibility index (Phi) is 4.19. The highest BCUT2D eigenvalue weighted by molar-refractivity contribution is 6.31. The first kappa shape index (κ1) is 14.0. The first-order valence-electron chi connectivity index (χ1n) is 5.92. The van der Waals surface area contributed by atoms with Gasteiger partial charge in [0.25, 0.3) is 0 Å². The van der Waals surface area contributed by atoms with Gasteiger partial charge in [0, 0.05) is 12.1 Å². The number of rotatable bonds is 4. The number of hydrogen-bond acceptors (Lipinski definition) is 3. The summed E-state index contributed by atoms with van der Waals surface area (Å²) in [5.74, 6) is 5.26. The molecule has 3 N–H and O–H groups in total. The Bertz CT molecular complexity index is 582. The predicted molar refractivity (Wildman–Crippen MR) is 73.1 cm³/mol. The Hall–Kier alpha value is -1.43. The summed E-state index contributed by atoms with van der Waals surface area (Å²) in [6.45, 7) is 1.92. The van der Waals surface area contributed by atoms with E-state index in [1.54, 1.807) is 10.7 Å². The molecule has 1 atom stereocenters. The first-order chi connectivity index (χ1) is 9.01. The Balaban J connectivity index is 2.26. The minimum Gasteiger partial charge on any atom is -0.271 e. The number of aryl methyl sites for hydroxylation is 2. The van der Waals surface area contributed by atoms with Crippen molar-refractivity contribution in [2.24, 2.45) is 12.9 Å². The molecule has 0 aliphatic heterocycles. The fourth-order valence-electron chi connectivity index (χ4n) is 2.11. The lowest BCUT2D eigenvalue weighted by Gasteiger charge is -2.17. The number of nitrogens with one attached hydrogen (secondary N) is 1. The van der Waals surface area contributed by atoms with Crippen LogP contribution in [0.2, 0.25) is 5.02 Å². The highest BCUT2D eigenvalue weighted by atomic mass is 35.5. The van der Waals surface area contributed by atoms with E-state index in [1.807, 2.05) is 20.0 Å². The topological polar surface area (TPSA) is 55.9 Å². The Morgan fingerprint density at radius 1 is 1.47 bits per heavy atom. The van der Waals surface area contributed by atoms with Crippen molar-refractivity contribution in [1.82, 2.24) is 15.2 Å². The molecule has 1 aromatic carbocycles. The zero-order valence-electron chi connectivity index (χ0n) is 10.8. The van der Waals surface area contributed by atoms with Crippen LogP contribution in [0.25, 0.3) is 0 Å². The molecule has 1 aromatic heterocycles. The van der Waals surface area contributed by atoms with Gasteiger partial charge >= 0.3 is 0 Å². The normalized spacial score (nSPS) is 12.7. The van der Waals surface area contributed by atoms with Crippen molar-refractivity contribution in [1.29, 1.82) is 0 Å². The molecule has 19 heavy (non-hydrogen) atoms. The lowest BCUT2D eigenvalue weighted by Crippen LogP contribution is -2.31. The highest BCUT2D eigenvalue weighted by Crippen LogP contribution is 2.24. The first-order valence-corrected chi connectivity index (χ1v) is 6.29. The maximum Gasteiger partial charge on any atom is 0.124 e. The van der Waals surface area contributed by atoms with Gasteiger partial charge in [-0.15, -0.1) is 0 Å². The molecule has 6 heteroatoms. The third kappa shape index (κ3) is 3.12. The van der Waals surface area contributed by atoms with E-state index in [9.17, 15) is 4.39 Å². The molecule has 2 rings (SSSR count). The molecule has 1 unspecified atom stereocenters. The van der Waals surface area contributed by atoms with Gasteiger partial charge < -0.3 is 0 Å². The van der Waals surface area contributed by atoms with Gasteiger partial charge in [-0.25, -0.2) is 4.39 Å². The van der Waals surface area contributed by atoms with Crippen LogP contribution in [0, 0.1) is 12.7 Å². The van der Waals surface area contributed by atoms with Gasteiger partial charge in [0.1, 0.15) is 5.82 Å². The van der Waals surface area contributed by atoms with Crippen molar-refractivity contribution < 1.29 is 4.39 Å². The average Bonchev–Trinajstić information content (AvgIpc) is 2.68. The SMILES string of the molecule is Cc1cc(C(Cc2ccc(F)cc2Cl)NN)n(C)n1. The fourth-order valence-corrected chi connectivity index (χ4v) is 2.36. The van der Waals surface area contributed by atoms with E-state index in [1.165, 1.54) is 12.1 Å². The van der Waals surface area contributed by atoms with Gasteiger partial charge in [0.2, 0.25) is 0 Å². The molecule has 102 valence electrons. The van der Waals surface area contributed by atoms with Gasteiger partial charge in [0.05, 0.1) is 17.4 Å². The van der Waals surface area contributed by atoms with Crippen molar-refractivity contribution in [3.8, 4) is 0 Å². The standard InChI is InChI=1S/C13H16ClFN4/c1-8-5-13(19(2)18-8)12(17-16)6-9-3-4-10(15)7-11(9)14/h3-5,7,12,17H,6,16H2,1-2H3. The Morgan fingerprint density at radius 3 is 2.74 bits per heavy atom. The van der Waals surface area contributed by atoms with E-state index >= 15 is 0 Å². The minimum atomic E-state index is -0.345. The summed E-state index contributed by atoms with van der Waals surface area (Å²) in [7, 11) is 1.86. The molecular formula is C13H16ClFN4. The van der Waals surface area contributed by atoms with E-state index in [-0.39, 0.29) is 11.9 Å². The third-order valence-corrected chi connectivity index (χ3v) is 3.39. The molecular weight excluding hydrogens is 267 g/mol. The van der Waals surface area contributed by atoms with Crippen LogP contribution in [0.1, 0.15) is 23.0 Å². The highest BCUT2D eigenvalue weighted by Gasteiger charge is 2.17. The number of halogens is 2. The van der Waals surface area contributed by atoms with E-state index in [0.29, 0.717) is 11.4 Å². The average molecular weight is 283 g/mol. The van der Waals surface area contributed by atoms with Crippen molar-refractivity contribution in [3.05, 3.63) is 52.1 Å². The van der Waals surface area contributed by atoms with Gasteiger partial charge in [-0.1, -0.05) is 17.7 Å². The quantitative estimate of drug-likeness (QED) is 0.668. The summed E-state index contributed by atoms with van der Waals surface area (Å²) < 4.78 is 14.8. The van der Waals surface area contributed by atoms with E-state index in [0.717, 1.165) is 17.0 Å². The maximum atomic E-state index is 13.0. The largest absolute Gasteiger partial charge is 0.271 e. The van der Waals surface area contributed by atoms with Gasteiger partial charge in [-0.2, -0.15) is 5.10 Å². The number of nitrogens with two attached hydrogens (primary N) is 1. The van der Waals surface area contributed by atoms with Crippen molar-refractivity contribution in [2.75, 3.05) is 0 Å². The molecule has 0 aliphatic rings. The zero-order chi connectivity index (χ0) is 14.0. The summed E-state index contributed by atoms with van der Waals surface area (Å²) in [5, 5.41) is 4.69. The van der Waals surface area contributed by atoms with Crippen molar-refractivity contribution in [2.45, 2.75) is 19.4 Å². The van der Waals surface area contributed by atoms with E-state index in [4.69, 9.17) is 17.4 Å². The van der Waals surface area contributed by atoms with Crippen LogP contribution in [0.15, 0.2) is 24.3 Å². The van der Waals surface area contributed by atoms with Crippen LogP contribution in [0.4, 0.5) is 4.39 Å². The Labute approximate surface area is 116 Å². The fraction of sp³-hybridized carbons (Fsp3) is 0.308. The monoisotopic (exact) mass is 282 g/mol. The van der Waals surface area contributed by atoms with Gasteiger partial charge in [-0.05, 0) is 37.1 Å². The molecule has 0 bridgehead atoms. The minimum absolute atomic E-state index is 0.130. The molecule has 0 amide bonds. The summed E-state index contributed by atoms with van der Waals surface area (Å²) in [6, 6.07) is 6.20. The van der Waals surface area contributed by atoms with Crippen LogP contribution >= 0.6 is 11.6 Å². The molecule has 1 heterocycles. The second-order valence-electron chi connectivity index (χ2n) is 4.49. The molecule has 0 saturated carbocycles. The lowest BCUT2D eigenvalue weighted by molar-refractivity contribution is 0.508. The summed E-state index contributed by atoms with van der Waals surface area (Å²) in [5.41, 5.74) is 5.47. The van der Waals surface area contributed by atoms with Crippen LogP contribution in [0.5, 0.6) is 0 Å². The molecule has 0 saturated heterocycles.